The highest BCUT2D eigenvalue weighted by atomic mass is 15.3. The van der Waals surface area contributed by atoms with E-state index < -0.39 is 0 Å². The van der Waals surface area contributed by atoms with Gasteiger partial charge in [0.2, 0.25) is 0 Å². The number of fused-ring (bicyclic) bond motifs is 1. The number of hydrogen-bond donors (Lipinski definition) is 1. The summed E-state index contributed by atoms with van der Waals surface area (Å²) < 4.78 is 0. The van der Waals surface area contributed by atoms with Gasteiger partial charge in [0, 0.05) is 31.2 Å². The molecular weight excluding hydrogens is 198 g/mol. The lowest BCUT2D eigenvalue weighted by Crippen LogP contribution is -2.60. The minimum absolute atomic E-state index is 0.290. The molecule has 0 aromatic rings. The van der Waals surface area contributed by atoms with Crippen LogP contribution in [0.5, 0.6) is 0 Å². The van der Waals surface area contributed by atoms with E-state index in [1.54, 1.807) is 0 Å². The summed E-state index contributed by atoms with van der Waals surface area (Å²) in [5, 5.41) is 0. The quantitative estimate of drug-likeness (QED) is 0.785. The molecule has 2 N–H and O–H groups in total. The predicted octanol–water partition coefficient (Wildman–Crippen LogP) is 1.28. The fraction of sp³-hybridized carbons (Fsp3) is 1.00. The first-order valence-electron chi connectivity index (χ1n) is 6.83. The van der Waals surface area contributed by atoms with Crippen LogP contribution in [0.2, 0.25) is 0 Å². The lowest BCUT2D eigenvalue weighted by molar-refractivity contribution is -0.00283. The van der Waals surface area contributed by atoms with Crippen molar-refractivity contribution in [2.75, 3.05) is 32.7 Å². The third kappa shape index (κ3) is 2.58. The van der Waals surface area contributed by atoms with Crippen LogP contribution in [0.4, 0.5) is 0 Å². The van der Waals surface area contributed by atoms with E-state index in [0.29, 0.717) is 0 Å². The van der Waals surface area contributed by atoms with Crippen molar-refractivity contribution in [3.8, 4) is 0 Å². The monoisotopic (exact) mass is 225 g/mol. The van der Waals surface area contributed by atoms with Crippen molar-refractivity contribution in [3.63, 3.8) is 0 Å². The van der Waals surface area contributed by atoms with E-state index in [-0.39, 0.29) is 5.54 Å². The van der Waals surface area contributed by atoms with Crippen LogP contribution in [-0.4, -0.2) is 54.1 Å². The van der Waals surface area contributed by atoms with Crippen LogP contribution >= 0.6 is 0 Å². The van der Waals surface area contributed by atoms with Gasteiger partial charge in [-0.25, -0.2) is 0 Å². The number of nitrogens with zero attached hydrogens (tertiary/aromatic N) is 2. The molecule has 0 aromatic heterocycles. The zero-order valence-corrected chi connectivity index (χ0v) is 10.9. The molecule has 0 spiro atoms. The first-order chi connectivity index (χ1) is 7.63. The van der Waals surface area contributed by atoms with Crippen LogP contribution in [0, 0.1) is 0 Å². The van der Waals surface area contributed by atoms with Crippen molar-refractivity contribution in [1.29, 1.82) is 0 Å². The van der Waals surface area contributed by atoms with E-state index in [1.807, 2.05) is 0 Å². The minimum Gasteiger partial charge on any atom is -0.330 e. The Morgan fingerprint density at radius 3 is 2.75 bits per heavy atom. The molecule has 0 radical (unpaired) electrons. The highest BCUT2D eigenvalue weighted by Crippen LogP contribution is 2.26. The Kier molecular flexibility index (Phi) is 3.88. The first kappa shape index (κ1) is 12.3. The lowest BCUT2D eigenvalue weighted by Gasteiger charge is -2.49. The van der Waals surface area contributed by atoms with Crippen LogP contribution in [0.25, 0.3) is 0 Å². The summed E-state index contributed by atoms with van der Waals surface area (Å²) in [7, 11) is 0. The van der Waals surface area contributed by atoms with Gasteiger partial charge in [-0.3, -0.25) is 9.80 Å². The summed E-state index contributed by atoms with van der Waals surface area (Å²) in [5.74, 6) is 0. The van der Waals surface area contributed by atoms with Gasteiger partial charge in [0.05, 0.1) is 0 Å². The van der Waals surface area contributed by atoms with Crippen molar-refractivity contribution >= 4 is 0 Å². The Morgan fingerprint density at radius 2 is 2.00 bits per heavy atom. The van der Waals surface area contributed by atoms with Gasteiger partial charge in [0.1, 0.15) is 0 Å². The fourth-order valence-corrected chi connectivity index (χ4v) is 3.22. The molecule has 2 aliphatic rings. The number of rotatable bonds is 3. The van der Waals surface area contributed by atoms with Gasteiger partial charge in [-0.2, -0.15) is 0 Å². The van der Waals surface area contributed by atoms with Gasteiger partial charge >= 0.3 is 0 Å². The molecule has 0 bridgehead atoms. The Morgan fingerprint density at radius 1 is 1.19 bits per heavy atom. The second-order valence-electron chi connectivity index (χ2n) is 5.98. The third-order valence-corrected chi connectivity index (χ3v) is 4.45. The molecule has 1 atom stereocenters. The second-order valence-corrected chi connectivity index (χ2v) is 5.98. The largest absolute Gasteiger partial charge is 0.330 e. The zero-order chi connectivity index (χ0) is 11.6. The molecule has 2 rings (SSSR count). The zero-order valence-electron chi connectivity index (χ0n) is 10.9. The molecule has 0 amide bonds. The van der Waals surface area contributed by atoms with Crippen LogP contribution in [-0.2, 0) is 0 Å². The van der Waals surface area contributed by atoms with E-state index >= 15 is 0 Å². The number of piperidine rings is 1. The van der Waals surface area contributed by atoms with Crippen LogP contribution < -0.4 is 5.73 Å². The van der Waals surface area contributed by atoms with Crippen LogP contribution in [0.3, 0.4) is 0 Å². The predicted molar refractivity (Wildman–Crippen MR) is 68.5 cm³/mol. The van der Waals surface area contributed by atoms with E-state index in [9.17, 15) is 0 Å². The smallest absolute Gasteiger partial charge is 0.0223 e. The molecular formula is C13H27N3. The summed E-state index contributed by atoms with van der Waals surface area (Å²) in [6, 6.07) is 0.819. The molecule has 0 aromatic carbocycles. The van der Waals surface area contributed by atoms with Gasteiger partial charge in [0.25, 0.3) is 0 Å². The molecule has 3 heteroatoms. The summed E-state index contributed by atoms with van der Waals surface area (Å²) in [4.78, 5) is 5.35. The van der Waals surface area contributed by atoms with Crippen molar-refractivity contribution in [2.45, 2.75) is 51.1 Å². The van der Waals surface area contributed by atoms with Crippen molar-refractivity contribution < 1.29 is 0 Å². The third-order valence-electron chi connectivity index (χ3n) is 4.45. The number of nitrogens with two attached hydrogens (primary N) is 1. The summed E-state index contributed by atoms with van der Waals surface area (Å²) >= 11 is 0. The molecule has 2 heterocycles. The van der Waals surface area contributed by atoms with Gasteiger partial charge in [-0.05, 0) is 46.2 Å². The standard InChI is InChI=1S/C13H27N3/c1-13(2,6-7-14)16-10-9-15-8-4-3-5-12(15)11-16/h12H,3-11,14H2,1-2H3. The summed E-state index contributed by atoms with van der Waals surface area (Å²) in [5.41, 5.74) is 6.01. The Labute approximate surface area is 100.0 Å². The van der Waals surface area contributed by atoms with Crippen molar-refractivity contribution in [1.82, 2.24) is 9.80 Å². The van der Waals surface area contributed by atoms with Crippen molar-refractivity contribution in [3.05, 3.63) is 0 Å². The number of hydrogen-bond acceptors (Lipinski definition) is 3. The Bertz CT molecular complexity index is 227. The molecule has 2 saturated heterocycles. The van der Waals surface area contributed by atoms with Crippen LogP contribution in [0.15, 0.2) is 0 Å². The Hall–Kier alpha value is -0.120. The topological polar surface area (TPSA) is 32.5 Å². The maximum absolute atomic E-state index is 5.72. The van der Waals surface area contributed by atoms with Gasteiger partial charge in [-0.15, -0.1) is 0 Å². The van der Waals surface area contributed by atoms with E-state index in [0.717, 1.165) is 19.0 Å². The average Bonchev–Trinajstić information content (AvgIpc) is 2.28. The maximum atomic E-state index is 5.72. The molecule has 16 heavy (non-hydrogen) atoms. The second kappa shape index (κ2) is 5.03. The van der Waals surface area contributed by atoms with E-state index in [4.69, 9.17) is 5.73 Å². The molecule has 2 aliphatic heterocycles. The highest BCUT2D eigenvalue weighted by Gasteiger charge is 2.34. The first-order valence-corrected chi connectivity index (χ1v) is 6.83. The Balaban J connectivity index is 1.94. The van der Waals surface area contributed by atoms with E-state index in [1.165, 1.54) is 45.4 Å². The molecule has 94 valence electrons. The van der Waals surface area contributed by atoms with Crippen LogP contribution in [0.1, 0.15) is 39.5 Å². The summed E-state index contributed by atoms with van der Waals surface area (Å²) in [6.07, 6.45) is 5.34. The normalized spacial score (nSPS) is 29.1. The molecule has 0 saturated carbocycles. The fourth-order valence-electron chi connectivity index (χ4n) is 3.22. The van der Waals surface area contributed by atoms with E-state index in [2.05, 4.69) is 23.6 Å². The number of piperazine rings is 1. The summed E-state index contributed by atoms with van der Waals surface area (Å²) in [6.45, 7) is 10.6. The lowest BCUT2D eigenvalue weighted by atomic mass is 9.93. The van der Waals surface area contributed by atoms with Gasteiger partial charge < -0.3 is 5.73 Å². The van der Waals surface area contributed by atoms with Gasteiger partial charge in [0.15, 0.2) is 0 Å². The average molecular weight is 225 g/mol. The van der Waals surface area contributed by atoms with Gasteiger partial charge in [-0.1, -0.05) is 6.42 Å². The molecule has 3 nitrogen and oxygen atoms in total. The highest BCUT2D eigenvalue weighted by molar-refractivity contribution is 4.91. The molecule has 1 unspecified atom stereocenters. The molecule has 0 aliphatic carbocycles. The van der Waals surface area contributed by atoms with Crippen molar-refractivity contribution in [2.24, 2.45) is 5.73 Å². The maximum Gasteiger partial charge on any atom is 0.0223 e. The molecule has 2 fully saturated rings. The minimum atomic E-state index is 0.290. The SMILES string of the molecule is CC(C)(CCN)N1CCN2CCCCC2C1.